The predicted octanol–water partition coefficient (Wildman–Crippen LogP) is 5.68. The minimum atomic E-state index is -0.902. The second kappa shape index (κ2) is 6.84. The summed E-state index contributed by atoms with van der Waals surface area (Å²) in [5.41, 5.74) is 3.09. The third-order valence-electron chi connectivity index (χ3n) is 4.11. The number of pyridine rings is 1. The first kappa shape index (κ1) is 16.1. The highest BCUT2D eigenvalue weighted by Crippen LogP contribution is 2.28. The van der Waals surface area contributed by atoms with Crippen molar-refractivity contribution in [1.82, 2.24) is 4.98 Å². The van der Waals surface area contributed by atoms with Crippen molar-refractivity contribution in [2.24, 2.45) is 4.99 Å². The number of fused-ring (bicyclic) bond motifs is 1. The highest BCUT2D eigenvalue weighted by Gasteiger charge is 2.11. The molecule has 0 saturated heterocycles. The summed E-state index contributed by atoms with van der Waals surface area (Å²) in [6.07, 6.45) is 3.06. The van der Waals surface area contributed by atoms with Crippen molar-refractivity contribution in [3.8, 4) is 0 Å². The van der Waals surface area contributed by atoms with Crippen LogP contribution in [0.15, 0.2) is 90.2 Å². The van der Waals surface area contributed by atoms with E-state index < -0.39 is 11.6 Å². The van der Waals surface area contributed by atoms with Crippen LogP contribution in [0, 0.1) is 11.6 Å². The van der Waals surface area contributed by atoms with Gasteiger partial charge in [-0.3, -0.25) is 4.98 Å². The molecule has 0 bridgehead atoms. The average molecular weight is 344 g/mol. The zero-order chi connectivity index (χ0) is 17.9. The molecular weight excluding hydrogens is 330 g/mol. The molecule has 0 aliphatic rings. The lowest BCUT2D eigenvalue weighted by atomic mass is 10.0. The largest absolute Gasteiger partial charge is 0.262 e. The van der Waals surface area contributed by atoms with Crippen molar-refractivity contribution in [1.29, 1.82) is 0 Å². The second-order valence-corrected chi connectivity index (χ2v) is 5.84. The van der Waals surface area contributed by atoms with Gasteiger partial charge in [-0.2, -0.15) is 0 Å². The molecule has 4 aromatic rings. The van der Waals surface area contributed by atoms with Gasteiger partial charge in [-0.25, -0.2) is 13.8 Å². The van der Waals surface area contributed by atoms with Gasteiger partial charge in [-0.05, 0) is 12.1 Å². The highest BCUT2D eigenvalue weighted by molar-refractivity contribution is 6.14. The van der Waals surface area contributed by atoms with E-state index in [1.807, 2.05) is 60.7 Å². The first-order valence-electron chi connectivity index (χ1n) is 8.14. The minimum absolute atomic E-state index is 0.490. The number of rotatable bonds is 3. The minimum Gasteiger partial charge on any atom is -0.262 e. The number of hydrogen-bond acceptors (Lipinski definition) is 2. The number of benzene rings is 3. The fourth-order valence-corrected chi connectivity index (χ4v) is 2.85. The van der Waals surface area contributed by atoms with Gasteiger partial charge in [0.15, 0.2) is 11.6 Å². The van der Waals surface area contributed by atoms with E-state index in [2.05, 4.69) is 4.98 Å². The summed E-state index contributed by atoms with van der Waals surface area (Å²) in [7, 11) is 0. The Morgan fingerprint density at radius 2 is 1.31 bits per heavy atom. The van der Waals surface area contributed by atoms with Crippen LogP contribution in [-0.2, 0) is 0 Å². The lowest BCUT2D eigenvalue weighted by molar-refractivity contribution is 0.511. The van der Waals surface area contributed by atoms with E-state index in [0.29, 0.717) is 16.5 Å². The summed E-state index contributed by atoms with van der Waals surface area (Å²) in [6, 6.07) is 21.8. The van der Waals surface area contributed by atoms with Gasteiger partial charge in [0.1, 0.15) is 0 Å². The number of halogens is 2. The third kappa shape index (κ3) is 3.09. The van der Waals surface area contributed by atoms with Gasteiger partial charge in [0.05, 0.1) is 17.6 Å². The second-order valence-electron chi connectivity index (χ2n) is 5.84. The summed E-state index contributed by atoms with van der Waals surface area (Å²) < 4.78 is 27.3. The molecule has 0 fully saturated rings. The molecule has 4 rings (SSSR count). The summed E-state index contributed by atoms with van der Waals surface area (Å²) in [4.78, 5) is 8.89. The van der Waals surface area contributed by atoms with Crippen LogP contribution >= 0.6 is 0 Å². The van der Waals surface area contributed by atoms with E-state index in [0.717, 1.165) is 22.9 Å². The van der Waals surface area contributed by atoms with Crippen molar-refractivity contribution in [3.63, 3.8) is 0 Å². The number of hydrogen-bond donors (Lipinski definition) is 0. The van der Waals surface area contributed by atoms with E-state index in [1.54, 1.807) is 6.20 Å². The average Bonchev–Trinajstić information content (AvgIpc) is 2.68. The van der Waals surface area contributed by atoms with Crippen LogP contribution in [0.1, 0.15) is 11.1 Å². The van der Waals surface area contributed by atoms with Gasteiger partial charge in [-0.15, -0.1) is 0 Å². The fraction of sp³-hybridized carbons (Fsp3) is 0. The normalized spacial score (nSPS) is 10.7. The highest BCUT2D eigenvalue weighted by atomic mass is 19.2. The zero-order valence-electron chi connectivity index (χ0n) is 13.7. The smallest absolute Gasteiger partial charge is 0.159 e. The van der Waals surface area contributed by atoms with Crippen molar-refractivity contribution in [2.75, 3.05) is 0 Å². The van der Waals surface area contributed by atoms with Crippen LogP contribution in [0.4, 0.5) is 14.5 Å². The molecule has 4 heteroatoms. The first-order chi connectivity index (χ1) is 12.7. The predicted molar refractivity (Wildman–Crippen MR) is 99.8 cm³/mol. The Morgan fingerprint density at radius 3 is 1.92 bits per heavy atom. The lowest BCUT2D eigenvalue weighted by Crippen LogP contribution is -2.02. The molecule has 0 aliphatic heterocycles. The van der Waals surface area contributed by atoms with Crippen LogP contribution in [0.25, 0.3) is 10.8 Å². The van der Waals surface area contributed by atoms with Crippen molar-refractivity contribution < 1.29 is 8.78 Å². The molecule has 2 nitrogen and oxygen atoms in total. The molecule has 26 heavy (non-hydrogen) atoms. The summed E-state index contributed by atoms with van der Waals surface area (Å²) in [5.74, 6) is -1.80. The lowest BCUT2D eigenvalue weighted by Gasteiger charge is -2.09. The number of nitrogens with zero attached hydrogens (tertiary/aromatic N) is 2. The van der Waals surface area contributed by atoms with Crippen molar-refractivity contribution >= 4 is 22.2 Å². The van der Waals surface area contributed by atoms with E-state index >= 15 is 0 Å². The van der Waals surface area contributed by atoms with Crippen LogP contribution in [0.5, 0.6) is 0 Å². The Morgan fingerprint density at radius 1 is 0.731 bits per heavy atom. The molecule has 0 saturated carbocycles. The van der Waals surface area contributed by atoms with Gasteiger partial charge >= 0.3 is 0 Å². The SMILES string of the molecule is Fc1cc2cncc(N=C(c3ccccc3)c3ccccc3)c2cc1F. The zero-order valence-corrected chi connectivity index (χ0v) is 13.7. The molecule has 0 N–H and O–H groups in total. The first-order valence-corrected chi connectivity index (χ1v) is 8.14. The molecular formula is C22H14F2N2. The van der Waals surface area contributed by atoms with E-state index in [1.165, 1.54) is 12.3 Å². The Balaban J connectivity index is 1.96. The van der Waals surface area contributed by atoms with Gasteiger partial charge in [-0.1, -0.05) is 60.7 Å². The fourth-order valence-electron chi connectivity index (χ4n) is 2.85. The van der Waals surface area contributed by atoms with Gasteiger partial charge < -0.3 is 0 Å². The Labute approximate surface area is 149 Å². The molecule has 1 aromatic heterocycles. The molecule has 0 radical (unpaired) electrons. The molecule has 0 aliphatic carbocycles. The van der Waals surface area contributed by atoms with Crippen molar-refractivity contribution in [2.45, 2.75) is 0 Å². The van der Waals surface area contributed by atoms with Gasteiger partial charge in [0.2, 0.25) is 0 Å². The topological polar surface area (TPSA) is 25.2 Å². The van der Waals surface area contributed by atoms with E-state index in [9.17, 15) is 8.78 Å². The maximum atomic E-state index is 13.8. The monoisotopic (exact) mass is 344 g/mol. The molecule has 0 spiro atoms. The molecule has 3 aromatic carbocycles. The molecule has 0 amide bonds. The van der Waals surface area contributed by atoms with Crippen LogP contribution < -0.4 is 0 Å². The summed E-state index contributed by atoms with van der Waals surface area (Å²) in [5, 5.41) is 1.02. The maximum absolute atomic E-state index is 13.8. The molecule has 1 heterocycles. The maximum Gasteiger partial charge on any atom is 0.159 e. The number of aromatic nitrogens is 1. The molecule has 0 unspecified atom stereocenters. The Kier molecular flexibility index (Phi) is 4.23. The standard InChI is InChI=1S/C22H14F2N2/c23-19-11-17-13-25-14-21(18(17)12-20(19)24)26-22(15-7-3-1-4-8-15)16-9-5-2-6-10-16/h1-14H. The van der Waals surface area contributed by atoms with E-state index in [-0.39, 0.29) is 0 Å². The van der Waals surface area contributed by atoms with Crippen molar-refractivity contribution in [3.05, 3.63) is 108 Å². The number of aliphatic imine (C=N–C) groups is 1. The Hall–Kier alpha value is -3.40. The summed E-state index contributed by atoms with van der Waals surface area (Å²) >= 11 is 0. The van der Waals surface area contributed by atoms with Crippen LogP contribution in [0.2, 0.25) is 0 Å². The molecule has 126 valence electrons. The van der Waals surface area contributed by atoms with E-state index in [4.69, 9.17) is 4.99 Å². The van der Waals surface area contributed by atoms with Crippen LogP contribution in [0.3, 0.4) is 0 Å². The summed E-state index contributed by atoms with van der Waals surface area (Å²) in [6.45, 7) is 0. The van der Waals surface area contributed by atoms with Crippen LogP contribution in [-0.4, -0.2) is 10.7 Å². The third-order valence-corrected chi connectivity index (χ3v) is 4.11. The Bertz CT molecular complexity index is 1050. The van der Waals surface area contributed by atoms with Gasteiger partial charge in [0, 0.05) is 28.1 Å². The quantitative estimate of drug-likeness (QED) is 0.439. The molecule has 0 atom stereocenters. The van der Waals surface area contributed by atoms with Gasteiger partial charge in [0.25, 0.3) is 0 Å².